The van der Waals surface area contributed by atoms with Crippen LogP contribution in [0.5, 0.6) is 0 Å². The first-order chi connectivity index (χ1) is 13.4. The van der Waals surface area contributed by atoms with Gasteiger partial charge in [-0.3, -0.25) is 9.59 Å². The highest BCUT2D eigenvalue weighted by Crippen LogP contribution is 2.18. The highest BCUT2D eigenvalue weighted by atomic mass is 35.5. The van der Waals surface area contributed by atoms with E-state index in [4.69, 9.17) is 11.6 Å². The molecule has 2 aromatic carbocycles. The fourth-order valence-corrected chi connectivity index (χ4v) is 4.00. The number of carbonyl (C=O) groups excluding carboxylic acids is 2. The van der Waals surface area contributed by atoms with Crippen molar-refractivity contribution in [3.63, 3.8) is 0 Å². The summed E-state index contributed by atoms with van der Waals surface area (Å²) in [6, 6.07) is 15.2. The molecule has 0 saturated heterocycles. The number of halogens is 1. The van der Waals surface area contributed by atoms with Crippen LogP contribution in [0.2, 0.25) is 5.02 Å². The van der Waals surface area contributed by atoms with Gasteiger partial charge < -0.3 is 10.2 Å². The Bertz CT molecular complexity index is 795. The van der Waals surface area contributed by atoms with Crippen molar-refractivity contribution < 1.29 is 9.59 Å². The lowest BCUT2D eigenvalue weighted by molar-refractivity contribution is -0.139. The molecule has 4 nitrogen and oxygen atoms in total. The Kier molecular flexibility index (Phi) is 8.87. The molecule has 0 saturated carbocycles. The lowest BCUT2D eigenvalue weighted by atomic mass is 10.1. The second-order valence-corrected chi connectivity index (χ2v) is 8.09. The number of thioether (sulfide) groups is 1. The largest absolute Gasteiger partial charge is 0.357 e. The van der Waals surface area contributed by atoms with E-state index in [2.05, 4.69) is 30.4 Å². The first-order valence-corrected chi connectivity index (χ1v) is 10.9. The number of likely N-dealkylation sites (N-methyl/N-ethyl adjacent to an activating group) is 1. The van der Waals surface area contributed by atoms with E-state index >= 15 is 0 Å². The number of amides is 2. The van der Waals surface area contributed by atoms with Crippen LogP contribution < -0.4 is 5.32 Å². The molecule has 6 heteroatoms. The number of aryl methyl sites for hydroxylation is 1. The van der Waals surface area contributed by atoms with Gasteiger partial charge in [0.05, 0.1) is 5.75 Å². The molecular weight excluding hydrogens is 392 g/mol. The summed E-state index contributed by atoms with van der Waals surface area (Å²) in [5.74, 6) is 0.908. The van der Waals surface area contributed by atoms with E-state index in [9.17, 15) is 9.59 Å². The van der Waals surface area contributed by atoms with Gasteiger partial charge in [-0.1, -0.05) is 60.5 Å². The van der Waals surface area contributed by atoms with Crippen molar-refractivity contribution in [3.8, 4) is 0 Å². The number of carbonyl (C=O) groups is 2. The van der Waals surface area contributed by atoms with Crippen LogP contribution in [0.3, 0.4) is 0 Å². The number of hydrogen-bond acceptors (Lipinski definition) is 3. The summed E-state index contributed by atoms with van der Waals surface area (Å²) in [5.41, 5.74) is 3.35. The van der Waals surface area contributed by atoms with E-state index in [1.807, 2.05) is 25.1 Å². The first kappa shape index (κ1) is 22.3. The molecule has 0 aliphatic carbocycles. The maximum absolute atomic E-state index is 13.0. The number of hydrogen-bond donors (Lipinski definition) is 1. The van der Waals surface area contributed by atoms with Gasteiger partial charge in [0.2, 0.25) is 11.8 Å². The van der Waals surface area contributed by atoms with Crippen molar-refractivity contribution in [3.05, 3.63) is 70.2 Å². The molecule has 0 radical (unpaired) electrons. The van der Waals surface area contributed by atoms with E-state index in [1.165, 1.54) is 11.1 Å². The molecule has 2 rings (SSSR count). The Morgan fingerprint density at radius 1 is 1.14 bits per heavy atom. The van der Waals surface area contributed by atoms with Gasteiger partial charge in [-0.15, -0.1) is 11.8 Å². The Balaban J connectivity index is 2.08. The molecule has 0 aliphatic rings. The van der Waals surface area contributed by atoms with Gasteiger partial charge in [-0.05, 0) is 36.6 Å². The fourth-order valence-electron chi connectivity index (χ4n) is 3.01. The van der Waals surface area contributed by atoms with Crippen molar-refractivity contribution in [2.24, 2.45) is 0 Å². The van der Waals surface area contributed by atoms with Gasteiger partial charge in [-0.25, -0.2) is 0 Å². The summed E-state index contributed by atoms with van der Waals surface area (Å²) in [7, 11) is 1.60. The lowest BCUT2D eigenvalue weighted by Gasteiger charge is -2.30. The standard InChI is InChI=1S/C22H27ClN2O2S/c1-4-20(22(27)24-3)25(13-17-8-10-19(23)11-9-17)21(26)15-28-14-18-7-5-6-16(2)12-18/h5-12,20H,4,13-15H2,1-3H3,(H,24,27)/t20-/m0/s1. The van der Waals surface area contributed by atoms with Crippen LogP contribution in [-0.2, 0) is 21.9 Å². The third-order valence-electron chi connectivity index (χ3n) is 4.48. The fraction of sp³-hybridized carbons (Fsp3) is 0.364. The molecule has 1 atom stereocenters. The molecule has 0 aliphatic heterocycles. The molecular formula is C22H27ClN2O2S. The van der Waals surface area contributed by atoms with Crippen molar-refractivity contribution in [2.75, 3.05) is 12.8 Å². The van der Waals surface area contributed by atoms with Gasteiger partial charge in [-0.2, -0.15) is 0 Å². The molecule has 0 bridgehead atoms. The molecule has 2 amide bonds. The Morgan fingerprint density at radius 2 is 1.86 bits per heavy atom. The van der Waals surface area contributed by atoms with Crippen molar-refractivity contribution >= 4 is 35.2 Å². The van der Waals surface area contributed by atoms with Crippen LogP contribution in [-0.4, -0.2) is 35.6 Å². The summed E-state index contributed by atoms with van der Waals surface area (Å²) in [5, 5.41) is 3.32. The van der Waals surface area contributed by atoms with E-state index in [0.29, 0.717) is 23.7 Å². The molecule has 0 aromatic heterocycles. The predicted molar refractivity (Wildman–Crippen MR) is 117 cm³/mol. The minimum Gasteiger partial charge on any atom is -0.357 e. The second kappa shape index (κ2) is 11.1. The SMILES string of the molecule is CC[C@@H](C(=O)NC)N(Cc1ccc(Cl)cc1)C(=O)CSCc1cccc(C)c1. The van der Waals surface area contributed by atoms with E-state index < -0.39 is 6.04 Å². The number of nitrogens with one attached hydrogen (secondary N) is 1. The van der Waals surface area contributed by atoms with Crippen LogP contribution in [0.25, 0.3) is 0 Å². The zero-order valence-corrected chi connectivity index (χ0v) is 18.1. The highest BCUT2D eigenvalue weighted by Gasteiger charge is 2.27. The lowest BCUT2D eigenvalue weighted by Crippen LogP contribution is -2.48. The third-order valence-corrected chi connectivity index (χ3v) is 5.72. The summed E-state index contributed by atoms with van der Waals surface area (Å²) in [6.07, 6.45) is 0.557. The second-order valence-electron chi connectivity index (χ2n) is 6.67. The predicted octanol–water partition coefficient (Wildman–Crippen LogP) is 4.44. The van der Waals surface area contributed by atoms with E-state index in [-0.39, 0.29) is 11.8 Å². The molecule has 150 valence electrons. The number of rotatable bonds is 9. The molecule has 0 fully saturated rings. The number of nitrogens with zero attached hydrogens (tertiary/aromatic N) is 1. The van der Waals surface area contributed by atoms with E-state index in [1.54, 1.807) is 35.8 Å². The molecule has 2 aromatic rings. The van der Waals surface area contributed by atoms with Gasteiger partial charge in [0, 0.05) is 24.4 Å². The maximum atomic E-state index is 13.0. The molecule has 0 unspecified atom stereocenters. The van der Waals surface area contributed by atoms with Crippen LogP contribution in [0.1, 0.15) is 30.0 Å². The Hall–Kier alpha value is -1.98. The summed E-state index contributed by atoms with van der Waals surface area (Å²) in [4.78, 5) is 27.0. The number of benzene rings is 2. The molecule has 1 N–H and O–H groups in total. The zero-order valence-electron chi connectivity index (χ0n) is 16.6. The van der Waals surface area contributed by atoms with Gasteiger partial charge >= 0.3 is 0 Å². The zero-order chi connectivity index (χ0) is 20.5. The smallest absolute Gasteiger partial charge is 0.242 e. The minimum atomic E-state index is -0.493. The average molecular weight is 419 g/mol. The van der Waals surface area contributed by atoms with Crippen molar-refractivity contribution in [2.45, 2.75) is 38.6 Å². The monoisotopic (exact) mass is 418 g/mol. The molecule has 0 heterocycles. The summed E-state index contributed by atoms with van der Waals surface area (Å²) >= 11 is 7.53. The third kappa shape index (κ3) is 6.57. The maximum Gasteiger partial charge on any atom is 0.242 e. The van der Waals surface area contributed by atoms with Crippen LogP contribution in [0, 0.1) is 6.92 Å². The normalized spacial score (nSPS) is 11.7. The Labute approximate surface area is 176 Å². The molecule has 28 heavy (non-hydrogen) atoms. The molecule has 0 spiro atoms. The average Bonchev–Trinajstić information content (AvgIpc) is 2.69. The van der Waals surface area contributed by atoms with Gasteiger partial charge in [0.1, 0.15) is 6.04 Å². The van der Waals surface area contributed by atoms with Crippen molar-refractivity contribution in [1.29, 1.82) is 0 Å². The quantitative estimate of drug-likeness (QED) is 0.655. The van der Waals surface area contributed by atoms with Crippen LogP contribution in [0.4, 0.5) is 0 Å². The summed E-state index contributed by atoms with van der Waals surface area (Å²) < 4.78 is 0. The first-order valence-electron chi connectivity index (χ1n) is 9.33. The topological polar surface area (TPSA) is 49.4 Å². The van der Waals surface area contributed by atoms with Gasteiger partial charge in [0.25, 0.3) is 0 Å². The van der Waals surface area contributed by atoms with Gasteiger partial charge in [0.15, 0.2) is 0 Å². The highest BCUT2D eigenvalue weighted by molar-refractivity contribution is 7.99. The van der Waals surface area contributed by atoms with Crippen molar-refractivity contribution in [1.82, 2.24) is 10.2 Å². The Morgan fingerprint density at radius 3 is 2.46 bits per heavy atom. The summed E-state index contributed by atoms with van der Waals surface area (Å²) in [6.45, 7) is 4.36. The van der Waals surface area contributed by atoms with Crippen LogP contribution in [0.15, 0.2) is 48.5 Å². The van der Waals surface area contributed by atoms with E-state index in [0.717, 1.165) is 11.3 Å². The minimum absolute atomic E-state index is 0.0388. The van der Waals surface area contributed by atoms with Crippen LogP contribution >= 0.6 is 23.4 Å².